The van der Waals surface area contributed by atoms with Gasteiger partial charge in [-0.1, -0.05) is 0 Å². The maximum absolute atomic E-state index is 10.6. The van der Waals surface area contributed by atoms with Crippen molar-refractivity contribution in [3.63, 3.8) is 0 Å². The Morgan fingerprint density at radius 2 is 1.63 bits per heavy atom. The number of aromatic nitrogens is 5. The van der Waals surface area contributed by atoms with Crippen LogP contribution in [0.5, 0.6) is 0 Å². The molecule has 1 unspecified atom stereocenters. The van der Waals surface area contributed by atoms with E-state index in [1.807, 2.05) is 15.4 Å². The normalized spacial score (nSPS) is 17.9. The van der Waals surface area contributed by atoms with Crippen LogP contribution in [0.15, 0.2) is 30.7 Å². The number of alkyl halides is 6. The van der Waals surface area contributed by atoms with Crippen molar-refractivity contribution in [3.05, 3.63) is 42.1 Å². The van der Waals surface area contributed by atoms with Gasteiger partial charge in [0.25, 0.3) is 0 Å². The largest absolute Gasteiger partial charge is 0.490 e. The number of piperidine rings is 1. The molecule has 12 nitrogen and oxygen atoms in total. The molecule has 2 N–H and O–H groups in total. The van der Waals surface area contributed by atoms with Gasteiger partial charge in [0.1, 0.15) is 0 Å². The summed E-state index contributed by atoms with van der Waals surface area (Å²) in [5.74, 6) is -4.16. The molecule has 2 saturated heterocycles. The second-order valence-corrected chi connectivity index (χ2v) is 9.64. The van der Waals surface area contributed by atoms with Crippen molar-refractivity contribution < 1.29 is 50.9 Å². The summed E-state index contributed by atoms with van der Waals surface area (Å²) in [4.78, 5) is 27.5. The number of carbonyl (C=O) groups is 2. The van der Waals surface area contributed by atoms with Crippen LogP contribution in [0.4, 0.5) is 32.0 Å². The number of nitrogens with zero attached hydrogens (tertiary/aromatic N) is 7. The fraction of sp³-hybridized carbons (Fsp3) is 0.560. The molecule has 5 heterocycles. The van der Waals surface area contributed by atoms with Gasteiger partial charge in [0.15, 0.2) is 11.5 Å². The van der Waals surface area contributed by atoms with Crippen molar-refractivity contribution in [2.45, 2.75) is 51.1 Å². The van der Waals surface area contributed by atoms with E-state index in [0.717, 1.165) is 70.4 Å². The molecule has 3 aromatic rings. The van der Waals surface area contributed by atoms with E-state index in [-0.39, 0.29) is 0 Å². The molecule has 5 rings (SSSR count). The molecular weight excluding hydrogens is 592 g/mol. The standard InChI is InChI=1S/C21H29N7O.2C2HF3O2/c1-2-27-14-17(12-22-27)13-25-7-3-4-18(15-25)21-23-20-6-5-19(16-28(20)24-21)26-8-10-29-11-9-26;2*3-2(4,5)1(6)7/h5-6,12,14,16,18H,2-4,7-11,13,15H2,1H3;2*(H,6,7). The predicted octanol–water partition coefficient (Wildman–Crippen LogP) is 3.43. The number of aliphatic carboxylic acids is 2. The quantitative estimate of drug-likeness (QED) is 0.407. The summed E-state index contributed by atoms with van der Waals surface area (Å²) in [6.45, 7) is 9.55. The highest BCUT2D eigenvalue weighted by Crippen LogP contribution is 2.27. The van der Waals surface area contributed by atoms with Crippen LogP contribution in [0, 0.1) is 0 Å². The highest BCUT2D eigenvalue weighted by Gasteiger charge is 2.39. The van der Waals surface area contributed by atoms with E-state index >= 15 is 0 Å². The number of hydrogen-bond donors (Lipinski definition) is 2. The number of anilines is 1. The number of pyridine rings is 1. The minimum Gasteiger partial charge on any atom is -0.475 e. The molecule has 0 saturated carbocycles. The Labute approximate surface area is 241 Å². The Balaban J connectivity index is 0.000000303. The molecule has 43 heavy (non-hydrogen) atoms. The van der Waals surface area contributed by atoms with Crippen molar-refractivity contribution >= 4 is 23.3 Å². The number of halogens is 6. The zero-order valence-corrected chi connectivity index (χ0v) is 23.1. The smallest absolute Gasteiger partial charge is 0.475 e. The first-order chi connectivity index (χ1) is 20.2. The minimum atomic E-state index is -5.08. The highest BCUT2D eigenvalue weighted by atomic mass is 19.4. The van der Waals surface area contributed by atoms with E-state index in [2.05, 4.69) is 46.3 Å². The average Bonchev–Trinajstić information content (AvgIpc) is 3.60. The number of aryl methyl sites for hydroxylation is 1. The molecule has 0 aliphatic carbocycles. The summed E-state index contributed by atoms with van der Waals surface area (Å²) >= 11 is 0. The molecule has 0 radical (unpaired) electrons. The topological polar surface area (TPSA) is 138 Å². The number of fused-ring (bicyclic) bond motifs is 1. The van der Waals surface area contributed by atoms with Crippen molar-refractivity contribution in [3.8, 4) is 0 Å². The van der Waals surface area contributed by atoms with Gasteiger partial charge in [0.2, 0.25) is 0 Å². The van der Waals surface area contributed by atoms with Gasteiger partial charge in [-0.15, -0.1) is 0 Å². The molecule has 0 aromatic carbocycles. The number of carboxylic acids is 2. The van der Waals surface area contributed by atoms with Crippen LogP contribution in [0.1, 0.15) is 37.1 Å². The number of hydrogen-bond acceptors (Lipinski definition) is 8. The number of rotatable bonds is 5. The van der Waals surface area contributed by atoms with E-state index in [0.29, 0.717) is 5.92 Å². The lowest BCUT2D eigenvalue weighted by molar-refractivity contribution is -0.193. The van der Waals surface area contributed by atoms with Gasteiger partial charge in [0, 0.05) is 50.4 Å². The van der Waals surface area contributed by atoms with Crippen molar-refractivity contribution in [1.82, 2.24) is 29.3 Å². The minimum absolute atomic E-state index is 0.386. The fourth-order valence-electron chi connectivity index (χ4n) is 4.40. The maximum Gasteiger partial charge on any atom is 0.490 e. The van der Waals surface area contributed by atoms with Crippen molar-refractivity contribution in [2.75, 3.05) is 44.3 Å². The van der Waals surface area contributed by atoms with Gasteiger partial charge in [0.05, 0.1) is 31.3 Å². The Bertz CT molecular complexity index is 1330. The average molecular weight is 624 g/mol. The molecule has 2 fully saturated rings. The zero-order chi connectivity index (χ0) is 31.8. The van der Waals surface area contributed by atoms with E-state index in [1.54, 1.807) is 0 Å². The first-order valence-electron chi connectivity index (χ1n) is 13.2. The summed E-state index contributed by atoms with van der Waals surface area (Å²) in [6, 6.07) is 4.23. The number of likely N-dealkylation sites (tertiary alicyclic amines) is 1. The molecule has 3 aromatic heterocycles. The Kier molecular flexibility index (Phi) is 11.3. The van der Waals surface area contributed by atoms with E-state index in [1.165, 1.54) is 17.7 Å². The summed E-state index contributed by atoms with van der Waals surface area (Å²) in [6.07, 6.45) is -1.58. The van der Waals surface area contributed by atoms with Crippen LogP contribution in [0.3, 0.4) is 0 Å². The highest BCUT2D eigenvalue weighted by molar-refractivity contribution is 5.73. The van der Waals surface area contributed by atoms with Crippen molar-refractivity contribution in [1.29, 1.82) is 0 Å². The summed E-state index contributed by atoms with van der Waals surface area (Å²) < 4.78 is 72.9. The lowest BCUT2D eigenvalue weighted by Gasteiger charge is -2.30. The van der Waals surface area contributed by atoms with Crippen LogP contribution in [-0.4, -0.2) is 103 Å². The molecule has 2 aliphatic heterocycles. The third kappa shape index (κ3) is 10.1. The van der Waals surface area contributed by atoms with Crippen LogP contribution < -0.4 is 4.90 Å². The number of morpholine rings is 1. The van der Waals surface area contributed by atoms with Gasteiger partial charge in [-0.3, -0.25) is 9.58 Å². The molecular formula is C25H31F6N7O5. The summed E-state index contributed by atoms with van der Waals surface area (Å²) in [5.41, 5.74) is 3.40. The Morgan fingerprint density at radius 3 is 2.19 bits per heavy atom. The first kappa shape index (κ1) is 33.6. The molecule has 0 bridgehead atoms. The van der Waals surface area contributed by atoms with Gasteiger partial charge in [-0.05, 0) is 38.4 Å². The molecule has 2 aliphatic rings. The van der Waals surface area contributed by atoms with Crippen LogP contribution in [0.25, 0.3) is 5.65 Å². The Morgan fingerprint density at radius 1 is 1.00 bits per heavy atom. The van der Waals surface area contributed by atoms with Crippen LogP contribution >= 0.6 is 0 Å². The number of ether oxygens (including phenoxy) is 1. The first-order valence-corrected chi connectivity index (χ1v) is 13.2. The second kappa shape index (κ2) is 14.5. The third-order valence-electron chi connectivity index (χ3n) is 6.48. The van der Waals surface area contributed by atoms with Gasteiger partial charge >= 0.3 is 24.3 Å². The van der Waals surface area contributed by atoms with Gasteiger partial charge in [-0.25, -0.2) is 19.1 Å². The zero-order valence-electron chi connectivity index (χ0n) is 23.1. The lowest BCUT2D eigenvalue weighted by atomic mass is 9.97. The SMILES string of the molecule is CCn1cc(CN2CCCC(c3nc4ccc(N5CCOCC5)cn4n3)C2)cn1.O=C(O)C(F)(F)F.O=C(O)C(F)(F)F. The Hall–Kier alpha value is -3.93. The monoisotopic (exact) mass is 623 g/mol. The maximum atomic E-state index is 10.6. The van der Waals surface area contributed by atoms with E-state index in [9.17, 15) is 26.3 Å². The van der Waals surface area contributed by atoms with Gasteiger partial charge < -0.3 is 19.8 Å². The molecule has 1 atom stereocenters. The second-order valence-electron chi connectivity index (χ2n) is 9.64. The molecule has 0 amide bonds. The predicted molar refractivity (Wildman–Crippen MR) is 139 cm³/mol. The fourth-order valence-corrected chi connectivity index (χ4v) is 4.40. The lowest BCUT2D eigenvalue weighted by Crippen LogP contribution is -2.36. The van der Waals surface area contributed by atoms with Crippen LogP contribution in [0.2, 0.25) is 0 Å². The summed E-state index contributed by atoms with van der Waals surface area (Å²) in [7, 11) is 0. The van der Waals surface area contributed by atoms with Crippen molar-refractivity contribution in [2.24, 2.45) is 0 Å². The third-order valence-corrected chi connectivity index (χ3v) is 6.48. The number of carboxylic acid groups (broad SMARTS) is 2. The van der Waals surface area contributed by atoms with E-state index < -0.39 is 24.3 Å². The molecule has 0 spiro atoms. The molecule has 18 heteroatoms. The summed E-state index contributed by atoms with van der Waals surface area (Å²) in [5, 5.41) is 23.5. The molecule has 238 valence electrons. The van der Waals surface area contributed by atoms with E-state index in [4.69, 9.17) is 34.6 Å². The van der Waals surface area contributed by atoms with Gasteiger partial charge in [-0.2, -0.15) is 36.5 Å². The van der Waals surface area contributed by atoms with Crippen LogP contribution in [-0.2, 0) is 27.4 Å².